The molecule has 0 atom stereocenters. The summed E-state index contributed by atoms with van der Waals surface area (Å²) >= 11 is 0. The summed E-state index contributed by atoms with van der Waals surface area (Å²) in [5, 5.41) is 37.0. The van der Waals surface area contributed by atoms with E-state index < -0.39 is 79.3 Å². The number of alkyl halides is 6. The maximum absolute atomic E-state index is 14.5. The molecule has 0 aliphatic heterocycles. The van der Waals surface area contributed by atoms with Crippen molar-refractivity contribution in [3.8, 4) is 11.5 Å². The zero-order valence-electron chi connectivity index (χ0n) is 34.5. The molecular weight excluding hydrogens is 762 g/mol. The van der Waals surface area contributed by atoms with E-state index in [0.717, 1.165) is 0 Å². The van der Waals surface area contributed by atoms with Crippen LogP contribution in [0, 0.1) is 0 Å². The molecule has 0 saturated heterocycles. The Kier molecular flexibility index (Phi) is 12.0. The van der Waals surface area contributed by atoms with Crippen LogP contribution in [0.25, 0.3) is 0 Å². The van der Waals surface area contributed by atoms with Gasteiger partial charge in [-0.3, -0.25) is 9.59 Å². The van der Waals surface area contributed by atoms with E-state index in [0.29, 0.717) is 45.5 Å². The maximum atomic E-state index is 14.5. The lowest BCUT2D eigenvalue weighted by atomic mass is 9.78. The van der Waals surface area contributed by atoms with Crippen molar-refractivity contribution in [2.75, 3.05) is 0 Å². The number of allylic oxidation sites excluding steroid dienone is 8. The Bertz CT molecular complexity index is 2060. The van der Waals surface area contributed by atoms with Crippen molar-refractivity contribution in [2.45, 2.75) is 117 Å². The highest BCUT2D eigenvalue weighted by Gasteiger charge is 2.46. The van der Waals surface area contributed by atoms with Crippen LogP contribution in [0.15, 0.2) is 91.3 Å². The molecule has 0 fully saturated rings. The van der Waals surface area contributed by atoms with Gasteiger partial charge in [-0.15, -0.1) is 10.2 Å². The van der Waals surface area contributed by atoms with Gasteiger partial charge in [0.2, 0.25) is 11.6 Å². The number of phenolic OH excluding ortho intramolecular Hbond substituents is 2. The summed E-state index contributed by atoms with van der Waals surface area (Å²) in [6.45, 7) is 22.5. The number of rotatable bonds is 5. The minimum Gasteiger partial charge on any atom is -0.507 e. The zero-order valence-corrected chi connectivity index (χ0v) is 34.5. The van der Waals surface area contributed by atoms with E-state index in [9.17, 15) is 46.1 Å². The predicted octanol–water partition coefficient (Wildman–Crippen LogP) is 10.5. The fourth-order valence-corrected chi connectivity index (χ4v) is 6.27. The van der Waals surface area contributed by atoms with Crippen LogP contribution in [0.2, 0.25) is 0 Å². The minimum atomic E-state index is -5.29. The van der Waals surface area contributed by atoms with E-state index in [2.05, 4.69) is 20.4 Å². The van der Waals surface area contributed by atoms with Gasteiger partial charge < -0.3 is 10.2 Å². The van der Waals surface area contributed by atoms with Gasteiger partial charge in [-0.05, 0) is 92.5 Å². The van der Waals surface area contributed by atoms with E-state index in [-0.39, 0.29) is 23.7 Å². The Morgan fingerprint density at radius 1 is 0.466 bits per heavy atom. The molecule has 2 aromatic rings. The SMILES string of the molecule is CC(C)(C)c1cc(C=NN=C2C=C(C(F)(F)F)C(C3=CC(=O)C(=NN=Cc4cc(C(C)(C)C)c(O)c(C(C)(C)C)c4)C=C3C(F)(F)F)=CC2=O)cc(C(C)(C)C)c1O. The standard InChI is InChI=1S/C44H48F6N4O4/c1-39(2,3)29-13-23(14-30(37(29)57)40(4,5)6)21-51-53-33-19-27(43(45,46)47)25(17-35(33)55)26-18-36(56)34(20-28(26)44(48,49)50)54-52-22-24-15-31(41(7,8)9)38(58)32(16-24)42(10,11)12/h13-22,57-58H,1-12H3. The molecule has 2 aromatic carbocycles. The van der Waals surface area contributed by atoms with Crippen LogP contribution in [0.3, 0.4) is 0 Å². The number of aromatic hydroxyl groups is 2. The third-order valence-electron chi connectivity index (χ3n) is 9.34. The van der Waals surface area contributed by atoms with Crippen LogP contribution in [-0.4, -0.2) is 58.0 Å². The zero-order chi connectivity index (χ0) is 44.1. The van der Waals surface area contributed by atoms with Crippen molar-refractivity contribution in [1.82, 2.24) is 0 Å². The smallest absolute Gasteiger partial charge is 0.417 e. The highest BCUT2D eigenvalue weighted by atomic mass is 19.4. The Hall–Kier alpha value is -5.40. The number of carbonyl (C=O) groups excluding carboxylic acids is 2. The Morgan fingerprint density at radius 3 is 0.948 bits per heavy atom. The average molecular weight is 811 g/mol. The summed E-state index contributed by atoms with van der Waals surface area (Å²) in [5.74, 6) is -2.22. The van der Waals surface area contributed by atoms with E-state index >= 15 is 0 Å². The molecule has 0 radical (unpaired) electrons. The third-order valence-corrected chi connectivity index (χ3v) is 9.34. The highest BCUT2D eigenvalue weighted by Crippen LogP contribution is 2.45. The van der Waals surface area contributed by atoms with Gasteiger partial charge in [0.15, 0.2) is 0 Å². The number of phenols is 2. The van der Waals surface area contributed by atoms with Crippen molar-refractivity contribution in [3.05, 3.63) is 104 Å². The molecule has 8 nitrogen and oxygen atoms in total. The van der Waals surface area contributed by atoms with E-state index in [4.69, 9.17) is 0 Å². The normalized spacial score (nSPS) is 18.0. The largest absolute Gasteiger partial charge is 0.507 e. The molecule has 0 bridgehead atoms. The van der Waals surface area contributed by atoms with Crippen molar-refractivity contribution in [2.24, 2.45) is 20.4 Å². The van der Waals surface area contributed by atoms with Gasteiger partial charge >= 0.3 is 12.4 Å². The predicted molar refractivity (Wildman–Crippen MR) is 216 cm³/mol. The summed E-state index contributed by atoms with van der Waals surface area (Å²) in [6.07, 6.45) is -6.94. The third kappa shape index (κ3) is 10.2. The van der Waals surface area contributed by atoms with Crippen LogP contribution in [0.5, 0.6) is 11.5 Å². The molecular formula is C44H48F6N4O4. The number of halogens is 6. The monoisotopic (exact) mass is 810 g/mol. The fraction of sp³-hybridized carbons (Fsp3) is 0.409. The number of nitrogens with zero attached hydrogens (tertiary/aromatic N) is 4. The lowest BCUT2D eigenvalue weighted by Crippen LogP contribution is -2.29. The number of benzene rings is 2. The van der Waals surface area contributed by atoms with E-state index in [1.165, 1.54) is 12.4 Å². The topological polar surface area (TPSA) is 124 Å². The molecule has 2 aliphatic carbocycles. The summed E-state index contributed by atoms with van der Waals surface area (Å²) in [5.41, 5.74) is -6.20. The van der Waals surface area contributed by atoms with Gasteiger partial charge in [-0.2, -0.15) is 36.5 Å². The van der Waals surface area contributed by atoms with Crippen LogP contribution in [-0.2, 0) is 31.2 Å². The van der Waals surface area contributed by atoms with Gasteiger partial charge in [0, 0.05) is 22.3 Å². The molecule has 2 N–H and O–H groups in total. The van der Waals surface area contributed by atoms with Gasteiger partial charge in [-0.1, -0.05) is 83.1 Å². The molecule has 0 heterocycles. The minimum absolute atomic E-state index is 0.0775. The molecule has 14 heteroatoms. The molecule has 58 heavy (non-hydrogen) atoms. The van der Waals surface area contributed by atoms with Crippen LogP contribution < -0.4 is 0 Å². The second kappa shape index (κ2) is 15.4. The molecule has 2 aliphatic rings. The summed E-state index contributed by atoms with van der Waals surface area (Å²) < 4.78 is 87.2. The quantitative estimate of drug-likeness (QED) is 0.135. The molecule has 0 saturated carbocycles. The van der Waals surface area contributed by atoms with E-state index in [1.807, 2.05) is 83.1 Å². The second-order valence-corrected chi connectivity index (χ2v) is 18.3. The van der Waals surface area contributed by atoms with Gasteiger partial charge in [0.1, 0.15) is 22.9 Å². The lowest BCUT2D eigenvalue weighted by molar-refractivity contribution is -0.110. The van der Waals surface area contributed by atoms with E-state index in [1.54, 1.807) is 24.3 Å². The molecule has 0 spiro atoms. The van der Waals surface area contributed by atoms with Crippen molar-refractivity contribution < 1.29 is 46.1 Å². The molecule has 4 rings (SSSR count). The summed E-state index contributed by atoms with van der Waals surface area (Å²) in [6, 6.07) is 6.52. The first-order valence-corrected chi connectivity index (χ1v) is 18.3. The highest BCUT2D eigenvalue weighted by molar-refractivity contribution is 6.51. The van der Waals surface area contributed by atoms with Gasteiger partial charge in [0.25, 0.3) is 0 Å². The Morgan fingerprint density at radius 2 is 0.724 bits per heavy atom. The first-order valence-electron chi connectivity index (χ1n) is 18.3. The van der Waals surface area contributed by atoms with Crippen LogP contribution in [0.4, 0.5) is 26.3 Å². The Labute approximate surface area is 334 Å². The molecule has 0 unspecified atom stereocenters. The van der Waals surface area contributed by atoms with Gasteiger partial charge in [0.05, 0.1) is 23.6 Å². The molecule has 0 aromatic heterocycles. The van der Waals surface area contributed by atoms with Crippen molar-refractivity contribution >= 4 is 35.4 Å². The number of hydrogen-bond acceptors (Lipinski definition) is 8. The van der Waals surface area contributed by atoms with Crippen LogP contribution >= 0.6 is 0 Å². The molecule has 310 valence electrons. The average Bonchev–Trinajstić information content (AvgIpc) is 3.04. The lowest BCUT2D eigenvalue weighted by Gasteiger charge is -2.27. The van der Waals surface area contributed by atoms with Gasteiger partial charge in [-0.25, -0.2) is 0 Å². The fourth-order valence-electron chi connectivity index (χ4n) is 6.27. The number of ketones is 2. The first-order chi connectivity index (χ1) is 26.2. The summed E-state index contributed by atoms with van der Waals surface area (Å²) in [7, 11) is 0. The van der Waals surface area contributed by atoms with Crippen LogP contribution in [0.1, 0.15) is 116 Å². The number of hydrogen-bond donors (Lipinski definition) is 2. The second-order valence-electron chi connectivity index (χ2n) is 18.3. The first kappa shape index (κ1) is 45.3. The van der Waals surface area contributed by atoms with Crippen molar-refractivity contribution in [3.63, 3.8) is 0 Å². The van der Waals surface area contributed by atoms with Crippen molar-refractivity contribution in [1.29, 1.82) is 0 Å². The Balaban J connectivity index is 1.76. The maximum Gasteiger partial charge on any atom is 0.417 e. The molecule has 0 amide bonds. The number of carbonyl (C=O) groups is 2. The summed E-state index contributed by atoms with van der Waals surface area (Å²) in [4.78, 5) is 26.3.